The Morgan fingerprint density at radius 3 is 1.86 bits per heavy atom. The molecule has 3 atom stereocenters. The second kappa shape index (κ2) is 16.0. The molecule has 0 spiro atoms. The van der Waals surface area contributed by atoms with E-state index in [9.17, 15) is 19.2 Å². The monoisotopic (exact) mass is 532 g/mol. The molecular weight excluding hydrogens is 482 g/mol. The standard InChI is InChI=1S/C27H50F2N4O4/c1-16(2)11-12-30-20(9)33(10)23(35)15-27(28,29)25(36)21(13-17(3)4)31-26(37)24(19(7)8)32-22(34)14-18(5)6/h16-21,24,30H,11-15H2,1-10H3,(H,31,37)(H,32,34)/t20?,21?,24-/m0/s1. The van der Waals surface area contributed by atoms with E-state index in [0.717, 1.165) is 11.3 Å². The van der Waals surface area contributed by atoms with Gasteiger partial charge in [-0.15, -0.1) is 0 Å². The van der Waals surface area contributed by atoms with Gasteiger partial charge in [0.05, 0.1) is 18.6 Å². The number of rotatable bonds is 17. The molecule has 8 nitrogen and oxygen atoms in total. The molecule has 0 radical (unpaired) electrons. The van der Waals surface area contributed by atoms with Crippen molar-refractivity contribution in [1.82, 2.24) is 20.9 Å². The summed E-state index contributed by atoms with van der Waals surface area (Å²) in [5, 5.41) is 8.21. The number of ketones is 1. The molecule has 0 aliphatic heterocycles. The Morgan fingerprint density at radius 2 is 1.41 bits per heavy atom. The summed E-state index contributed by atoms with van der Waals surface area (Å²) in [6.07, 6.45) is -0.718. The smallest absolute Gasteiger partial charge is 0.316 e. The van der Waals surface area contributed by atoms with Crippen LogP contribution in [0, 0.1) is 23.7 Å². The highest BCUT2D eigenvalue weighted by Crippen LogP contribution is 2.25. The highest BCUT2D eigenvalue weighted by atomic mass is 19.3. The maximum atomic E-state index is 15.1. The predicted octanol–water partition coefficient (Wildman–Crippen LogP) is 3.74. The van der Waals surface area contributed by atoms with E-state index in [1.807, 2.05) is 13.8 Å². The summed E-state index contributed by atoms with van der Waals surface area (Å²) in [6, 6.07) is -2.47. The van der Waals surface area contributed by atoms with Gasteiger partial charge < -0.3 is 15.5 Å². The fraction of sp³-hybridized carbons (Fsp3) is 0.852. The number of halogens is 2. The Balaban J connectivity index is 5.49. The number of hydrogen-bond acceptors (Lipinski definition) is 5. The molecule has 3 amide bonds. The van der Waals surface area contributed by atoms with Crippen LogP contribution in [0.15, 0.2) is 0 Å². The number of nitrogens with one attached hydrogen (secondary N) is 3. The van der Waals surface area contributed by atoms with Gasteiger partial charge in [-0.05, 0) is 50.0 Å². The average Bonchev–Trinajstić information content (AvgIpc) is 2.73. The molecule has 0 aliphatic rings. The second-order valence-electron chi connectivity index (χ2n) is 11.6. The average molecular weight is 533 g/mol. The summed E-state index contributed by atoms with van der Waals surface area (Å²) in [6.45, 7) is 17.1. The van der Waals surface area contributed by atoms with Crippen molar-refractivity contribution in [1.29, 1.82) is 0 Å². The molecule has 10 heteroatoms. The molecule has 0 rings (SSSR count). The molecule has 2 unspecified atom stereocenters. The van der Waals surface area contributed by atoms with Crippen LogP contribution in [0.5, 0.6) is 0 Å². The fourth-order valence-electron chi connectivity index (χ4n) is 3.69. The van der Waals surface area contributed by atoms with E-state index < -0.39 is 48.2 Å². The molecule has 0 saturated carbocycles. The summed E-state index contributed by atoms with van der Waals surface area (Å²) < 4.78 is 30.1. The third-order valence-electron chi connectivity index (χ3n) is 6.07. The Labute approximate surface area is 222 Å². The van der Waals surface area contributed by atoms with Crippen LogP contribution < -0.4 is 16.0 Å². The van der Waals surface area contributed by atoms with Gasteiger partial charge in [0.2, 0.25) is 23.5 Å². The van der Waals surface area contributed by atoms with Crippen molar-refractivity contribution in [2.75, 3.05) is 13.6 Å². The summed E-state index contributed by atoms with van der Waals surface area (Å²) in [5.74, 6) is -7.36. The molecule has 0 aromatic heterocycles. The summed E-state index contributed by atoms with van der Waals surface area (Å²) in [4.78, 5) is 51.9. The normalized spacial score (nSPS) is 14.6. The lowest BCUT2D eigenvalue weighted by atomic mass is 9.94. The van der Waals surface area contributed by atoms with Crippen LogP contribution in [0.25, 0.3) is 0 Å². The zero-order valence-corrected chi connectivity index (χ0v) is 24.4. The Morgan fingerprint density at radius 1 is 0.838 bits per heavy atom. The first-order valence-electron chi connectivity index (χ1n) is 13.4. The number of carbonyl (C=O) groups excluding carboxylic acids is 4. The minimum atomic E-state index is -3.97. The van der Waals surface area contributed by atoms with Crippen molar-refractivity contribution in [2.45, 2.75) is 112 Å². The molecule has 37 heavy (non-hydrogen) atoms. The zero-order chi connectivity index (χ0) is 29.1. The van der Waals surface area contributed by atoms with Crippen LogP contribution in [-0.4, -0.2) is 66.2 Å². The lowest BCUT2D eigenvalue weighted by molar-refractivity contribution is -0.155. The number of nitrogens with zero attached hydrogens (tertiary/aromatic N) is 1. The van der Waals surface area contributed by atoms with Crippen molar-refractivity contribution in [3.05, 3.63) is 0 Å². The molecule has 0 fully saturated rings. The second-order valence-corrected chi connectivity index (χ2v) is 11.6. The molecule has 0 aromatic rings. The zero-order valence-electron chi connectivity index (χ0n) is 24.4. The molecule has 0 aliphatic carbocycles. The number of amides is 3. The molecular formula is C27H50F2N4O4. The number of carbonyl (C=O) groups is 4. The van der Waals surface area contributed by atoms with Gasteiger partial charge in [0, 0.05) is 13.5 Å². The summed E-state index contributed by atoms with van der Waals surface area (Å²) >= 11 is 0. The number of Topliss-reactive ketones (excluding diaryl/α,β-unsaturated/α-hetero) is 1. The molecule has 3 N–H and O–H groups in total. The van der Waals surface area contributed by atoms with Crippen molar-refractivity contribution in [2.24, 2.45) is 23.7 Å². The lowest BCUT2D eigenvalue weighted by Gasteiger charge is -2.30. The van der Waals surface area contributed by atoms with Gasteiger partial charge in [0.25, 0.3) is 0 Å². The maximum Gasteiger partial charge on any atom is 0.316 e. The van der Waals surface area contributed by atoms with Crippen molar-refractivity contribution in [3.63, 3.8) is 0 Å². The molecule has 0 bridgehead atoms. The van der Waals surface area contributed by atoms with Gasteiger partial charge in [-0.1, -0.05) is 55.4 Å². The van der Waals surface area contributed by atoms with E-state index in [1.165, 1.54) is 7.05 Å². The van der Waals surface area contributed by atoms with Crippen molar-refractivity contribution < 1.29 is 28.0 Å². The largest absolute Gasteiger partial charge is 0.344 e. The summed E-state index contributed by atoms with van der Waals surface area (Å²) in [7, 11) is 1.41. The van der Waals surface area contributed by atoms with Gasteiger partial charge in [0.1, 0.15) is 6.04 Å². The van der Waals surface area contributed by atoms with Gasteiger partial charge in [0.15, 0.2) is 0 Å². The quantitative estimate of drug-likeness (QED) is 0.248. The van der Waals surface area contributed by atoms with Crippen LogP contribution in [0.4, 0.5) is 8.78 Å². The van der Waals surface area contributed by atoms with Crippen LogP contribution in [0.1, 0.15) is 88.0 Å². The van der Waals surface area contributed by atoms with Crippen LogP contribution in [0.3, 0.4) is 0 Å². The molecule has 0 heterocycles. The highest BCUT2D eigenvalue weighted by molar-refractivity contribution is 5.98. The first kappa shape index (κ1) is 34.9. The van der Waals surface area contributed by atoms with Crippen LogP contribution in [-0.2, 0) is 19.2 Å². The van der Waals surface area contributed by atoms with E-state index >= 15 is 8.78 Å². The fourth-order valence-corrected chi connectivity index (χ4v) is 3.69. The van der Waals surface area contributed by atoms with Gasteiger partial charge in [-0.25, -0.2) is 0 Å². The van der Waals surface area contributed by atoms with E-state index in [2.05, 4.69) is 29.8 Å². The Kier molecular flexibility index (Phi) is 15.1. The van der Waals surface area contributed by atoms with E-state index in [0.29, 0.717) is 12.5 Å². The van der Waals surface area contributed by atoms with Gasteiger partial charge in [-0.3, -0.25) is 24.5 Å². The number of alkyl halides is 2. The molecule has 0 aromatic carbocycles. The SMILES string of the molecule is CC(C)CCNC(C)N(C)C(=O)CC(F)(F)C(=O)C(CC(C)C)NC(=O)[C@@H](NC(=O)CC(C)C)C(C)C. The van der Waals surface area contributed by atoms with Crippen LogP contribution >= 0.6 is 0 Å². The van der Waals surface area contributed by atoms with E-state index in [4.69, 9.17) is 0 Å². The van der Waals surface area contributed by atoms with E-state index in [1.54, 1.807) is 34.6 Å². The van der Waals surface area contributed by atoms with E-state index in [-0.39, 0.29) is 36.5 Å². The Hall–Kier alpha value is -2.10. The first-order valence-corrected chi connectivity index (χ1v) is 13.4. The minimum Gasteiger partial charge on any atom is -0.344 e. The number of hydrogen-bond donors (Lipinski definition) is 3. The lowest BCUT2D eigenvalue weighted by Crippen LogP contribution is -2.57. The molecule has 216 valence electrons. The molecule has 0 saturated heterocycles. The highest BCUT2D eigenvalue weighted by Gasteiger charge is 2.46. The van der Waals surface area contributed by atoms with Gasteiger partial charge >= 0.3 is 5.92 Å². The third kappa shape index (κ3) is 13.3. The topological polar surface area (TPSA) is 108 Å². The van der Waals surface area contributed by atoms with Crippen molar-refractivity contribution >= 4 is 23.5 Å². The van der Waals surface area contributed by atoms with Crippen LogP contribution in [0.2, 0.25) is 0 Å². The van der Waals surface area contributed by atoms with Gasteiger partial charge in [-0.2, -0.15) is 8.78 Å². The maximum absolute atomic E-state index is 15.1. The van der Waals surface area contributed by atoms with Crippen molar-refractivity contribution in [3.8, 4) is 0 Å². The minimum absolute atomic E-state index is 0.0257. The third-order valence-corrected chi connectivity index (χ3v) is 6.07. The first-order chi connectivity index (χ1) is 16.9. The summed E-state index contributed by atoms with van der Waals surface area (Å²) in [5.41, 5.74) is 0. The predicted molar refractivity (Wildman–Crippen MR) is 142 cm³/mol. The Bertz CT molecular complexity index is 757.